The van der Waals surface area contributed by atoms with Crippen molar-refractivity contribution in [2.75, 3.05) is 5.75 Å². The number of halogens is 1. The van der Waals surface area contributed by atoms with Gasteiger partial charge in [-0.2, -0.15) is 0 Å². The minimum atomic E-state index is -0.864. The maximum absolute atomic E-state index is 13.1. The summed E-state index contributed by atoms with van der Waals surface area (Å²) in [4.78, 5) is 12.5. The zero-order valence-electron chi connectivity index (χ0n) is 12.9. The highest BCUT2D eigenvalue weighted by atomic mass is 32.2. The molecule has 1 aromatic rings. The monoisotopic (exact) mass is 313 g/mol. The Kier molecular flexibility index (Phi) is 7.18. The largest absolute Gasteiger partial charge is 0.480 e. The van der Waals surface area contributed by atoms with Crippen LogP contribution < -0.4 is 5.32 Å². The van der Waals surface area contributed by atoms with E-state index in [0.29, 0.717) is 12.8 Å². The van der Waals surface area contributed by atoms with Gasteiger partial charge in [-0.1, -0.05) is 13.0 Å². The average Bonchev–Trinajstić information content (AvgIpc) is 2.41. The summed E-state index contributed by atoms with van der Waals surface area (Å²) in [6.45, 7) is 5.80. The quantitative estimate of drug-likeness (QED) is 0.536. The number of carbonyl (C=O) groups is 1. The molecular formula is C16H24FNO2S. The van der Waals surface area contributed by atoms with Crippen LogP contribution in [-0.2, 0) is 4.79 Å². The smallest absolute Gasteiger partial charge is 0.323 e. The van der Waals surface area contributed by atoms with Gasteiger partial charge in [-0.3, -0.25) is 10.1 Å². The van der Waals surface area contributed by atoms with E-state index in [1.807, 2.05) is 26.8 Å². The van der Waals surface area contributed by atoms with Gasteiger partial charge in [0, 0.05) is 10.9 Å². The molecule has 0 aliphatic carbocycles. The maximum Gasteiger partial charge on any atom is 0.323 e. The summed E-state index contributed by atoms with van der Waals surface area (Å²) in [5, 5.41) is 12.7. The van der Waals surface area contributed by atoms with Crippen LogP contribution in [0.1, 0.15) is 40.0 Å². The number of benzene rings is 1. The molecule has 2 N–H and O–H groups in total. The SMILES string of the molecule is CCC(CCCSc1cccc(F)c1)(NC(C)C)C(=O)O. The first-order valence-corrected chi connectivity index (χ1v) is 8.27. The Hall–Kier alpha value is -1.07. The van der Waals surface area contributed by atoms with Crippen molar-refractivity contribution in [2.24, 2.45) is 0 Å². The van der Waals surface area contributed by atoms with Gasteiger partial charge in [-0.05, 0) is 57.1 Å². The zero-order valence-corrected chi connectivity index (χ0v) is 13.7. The second-order valence-electron chi connectivity index (χ2n) is 5.45. The highest BCUT2D eigenvalue weighted by molar-refractivity contribution is 7.99. The molecule has 1 atom stereocenters. The normalized spacial score (nSPS) is 14.1. The lowest BCUT2D eigenvalue weighted by Gasteiger charge is -2.31. The van der Waals surface area contributed by atoms with Crippen LogP contribution in [0.4, 0.5) is 4.39 Å². The van der Waals surface area contributed by atoms with Crippen LogP contribution in [0.5, 0.6) is 0 Å². The standard InChI is InChI=1S/C16H24FNO2S/c1-4-16(15(19)20,18-12(2)3)9-6-10-21-14-8-5-7-13(17)11-14/h5,7-8,11-12,18H,4,6,9-10H2,1-3H3,(H,19,20). The second-order valence-corrected chi connectivity index (χ2v) is 6.62. The number of aliphatic carboxylic acids is 1. The fourth-order valence-corrected chi connectivity index (χ4v) is 3.24. The van der Waals surface area contributed by atoms with Crippen molar-refractivity contribution in [3.8, 4) is 0 Å². The predicted molar refractivity (Wildman–Crippen MR) is 85.3 cm³/mol. The highest BCUT2D eigenvalue weighted by Crippen LogP contribution is 2.24. The number of carboxylic acid groups (broad SMARTS) is 1. The van der Waals surface area contributed by atoms with E-state index in [-0.39, 0.29) is 11.9 Å². The zero-order chi connectivity index (χ0) is 15.9. The molecule has 0 saturated heterocycles. The summed E-state index contributed by atoms with van der Waals surface area (Å²) in [6, 6.07) is 6.59. The molecule has 21 heavy (non-hydrogen) atoms. The van der Waals surface area contributed by atoms with Crippen LogP contribution in [0.15, 0.2) is 29.2 Å². The predicted octanol–water partition coefficient (Wildman–Crippen LogP) is 3.93. The summed E-state index contributed by atoms with van der Waals surface area (Å²) in [5.74, 6) is -0.262. The Morgan fingerprint density at radius 2 is 2.19 bits per heavy atom. The molecule has 0 aromatic heterocycles. The van der Waals surface area contributed by atoms with Crippen LogP contribution in [-0.4, -0.2) is 28.4 Å². The van der Waals surface area contributed by atoms with E-state index in [9.17, 15) is 14.3 Å². The summed E-state index contributed by atoms with van der Waals surface area (Å²) < 4.78 is 13.1. The van der Waals surface area contributed by atoms with E-state index >= 15 is 0 Å². The molecule has 0 bridgehead atoms. The summed E-state index contributed by atoms with van der Waals surface area (Å²) in [7, 11) is 0. The van der Waals surface area contributed by atoms with E-state index in [0.717, 1.165) is 17.1 Å². The lowest BCUT2D eigenvalue weighted by molar-refractivity contribution is -0.145. The lowest BCUT2D eigenvalue weighted by atomic mass is 9.90. The molecule has 1 aromatic carbocycles. The Balaban J connectivity index is 2.52. The van der Waals surface area contributed by atoms with Gasteiger partial charge in [0.15, 0.2) is 0 Å². The minimum Gasteiger partial charge on any atom is -0.480 e. The second kappa shape index (κ2) is 8.39. The molecule has 0 aliphatic heterocycles. The van der Waals surface area contributed by atoms with Gasteiger partial charge in [0.05, 0.1) is 0 Å². The molecule has 1 unspecified atom stereocenters. The fourth-order valence-electron chi connectivity index (χ4n) is 2.34. The van der Waals surface area contributed by atoms with Gasteiger partial charge in [0.1, 0.15) is 11.4 Å². The van der Waals surface area contributed by atoms with Crippen LogP contribution in [0.25, 0.3) is 0 Å². The van der Waals surface area contributed by atoms with Gasteiger partial charge >= 0.3 is 5.97 Å². The van der Waals surface area contributed by atoms with Crippen molar-refractivity contribution < 1.29 is 14.3 Å². The van der Waals surface area contributed by atoms with Crippen LogP contribution in [0, 0.1) is 5.82 Å². The van der Waals surface area contributed by atoms with Crippen molar-refractivity contribution >= 4 is 17.7 Å². The van der Waals surface area contributed by atoms with Crippen LogP contribution in [0.2, 0.25) is 0 Å². The Bertz CT molecular complexity index is 467. The van der Waals surface area contributed by atoms with Crippen LogP contribution >= 0.6 is 11.8 Å². The molecule has 3 nitrogen and oxygen atoms in total. The van der Waals surface area contributed by atoms with E-state index < -0.39 is 11.5 Å². The van der Waals surface area contributed by atoms with Gasteiger partial charge in [0.2, 0.25) is 0 Å². The molecule has 0 heterocycles. The topological polar surface area (TPSA) is 49.3 Å². The minimum absolute atomic E-state index is 0.122. The molecule has 0 radical (unpaired) electrons. The van der Waals surface area contributed by atoms with Crippen molar-refractivity contribution in [3.05, 3.63) is 30.1 Å². The van der Waals surface area contributed by atoms with Crippen molar-refractivity contribution in [1.82, 2.24) is 5.32 Å². The van der Waals surface area contributed by atoms with E-state index in [1.165, 1.54) is 12.1 Å². The lowest BCUT2D eigenvalue weighted by Crippen LogP contribution is -2.54. The molecule has 0 saturated carbocycles. The van der Waals surface area contributed by atoms with Crippen molar-refractivity contribution in [1.29, 1.82) is 0 Å². The van der Waals surface area contributed by atoms with Gasteiger partial charge < -0.3 is 5.11 Å². The molecule has 1 rings (SSSR count). The number of nitrogens with one attached hydrogen (secondary N) is 1. The molecule has 118 valence electrons. The molecule has 0 amide bonds. The van der Waals surface area contributed by atoms with E-state index in [1.54, 1.807) is 17.8 Å². The van der Waals surface area contributed by atoms with Gasteiger partial charge in [-0.25, -0.2) is 4.39 Å². The maximum atomic E-state index is 13.1. The molecule has 0 aliphatic rings. The summed E-state index contributed by atoms with van der Waals surface area (Å²) in [5.41, 5.74) is -0.864. The third kappa shape index (κ3) is 5.67. The van der Waals surface area contributed by atoms with Crippen LogP contribution in [0.3, 0.4) is 0 Å². The van der Waals surface area contributed by atoms with Crippen molar-refractivity contribution in [3.63, 3.8) is 0 Å². The molecule has 5 heteroatoms. The number of rotatable bonds is 9. The summed E-state index contributed by atoms with van der Waals surface area (Å²) in [6.07, 6.45) is 1.88. The molecular weight excluding hydrogens is 289 g/mol. The Morgan fingerprint density at radius 3 is 2.71 bits per heavy atom. The number of carboxylic acids is 1. The number of thioether (sulfide) groups is 1. The average molecular weight is 313 g/mol. The van der Waals surface area contributed by atoms with E-state index in [2.05, 4.69) is 5.32 Å². The Morgan fingerprint density at radius 1 is 1.48 bits per heavy atom. The number of hydrogen-bond acceptors (Lipinski definition) is 3. The van der Waals surface area contributed by atoms with E-state index in [4.69, 9.17) is 0 Å². The molecule has 0 spiro atoms. The van der Waals surface area contributed by atoms with Gasteiger partial charge in [-0.15, -0.1) is 11.8 Å². The summed E-state index contributed by atoms with van der Waals surface area (Å²) >= 11 is 1.56. The first kappa shape index (κ1) is 18.0. The number of hydrogen-bond donors (Lipinski definition) is 2. The first-order chi connectivity index (χ1) is 9.89. The molecule has 0 fully saturated rings. The fraction of sp³-hybridized carbons (Fsp3) is 0.562. The Labute approximate surface area is 130 Å². The third-order valence-electron chi connectivity index (χ3n) is 3.39. The van der Waals surface area contributed by atoms with Gasteiger partial charge in [0.25, 0.3) is 0 Å². The highest BCUT2D eigenvalue weighted by Gasteiger charge is 2.36. The third-order valence-corrected chi connectivity index (χ3v) is 4.47. The van der Waals surface area contributed by atoms with Crippen molar-refractivity contribution in [2.45, 2.75) is 56.5 Å². The first-order valence-electron chi connectivity index (χ1n) is 7.29.